The van der Waals surface area contributed by atoms with Gasteiger partial charge in [-0.1, -0.05) is 11.6 Å². The largest absolute Gasteiger partial charge is 0.444 e. The normalized spacial score (nSPS) is 11.1. The zero-order valence-electron chi connectivity index (χ0n) is 7.78. The molecule has 3 heterocycles. The first-order chi connectivity index (χ1) is 7.72. The van der Waals surface area contributed by atoms with Crippen molar-refractivity contribution < 1.29 is 8.83 Å². The number of fused-ring (bicyclic) bond motifs is 1. The fraction of sp³-hybridized carbons (Fsp3) is 0. The summed E-state index contributed by atoms with van der Waals surface area (Å²) >= 11 is 9.01. The van der Waals surface area contributed by atoms with Crippen molar-refractivity contribution in [3.05, 3.63) is 34.1 Å². The highest BCUT2D eigenvalue weighted by molar-refractivity contribution is 9.10. The first-order valence-electron chi connectivity index (χ1n) is 4.40. The highest BCUT2D eigenvalue weighted by Crippen LogP contribution is 2.27. The molecule has 0 aliphatic carbocycles. The third-order valence-electron chi connectivity index (χ3n) is 2.00. The van der Waals surface area contributed by atoms with Crippen LogP contribution in [0.3, 0.4) is 0 Å². The van der Waals surface area contributed by atoms with Gasteiger partial charge in [0.05, 0.1) is 5.02 Å². The molecule has 0 radical (unpaired) electrons. The molecule has 0 aliphatic heterocycles. The van der Waals surface area contributed by atoms with E-state index in [-0.39, 0.29) is 0 Å². The Balaban J connectivity index is 2.18. The molecular weight excluding hydrogens is 295 g/mol. The molecule has 3 aromatic heterocycles. The van der Waals surface area contributed by atoms with Crippen LogP contribution in [0, 0.1) is 0 Å². The average Bonchev–Trinajstić information content (AvgIpc) is 2.83. The molecule has 0 unspecified atom stereocenters. The van der Waals surface area contributed by atoms with Crippen molar-refractivity contribution in [3.8, 4) is 11.7 Å². The van der Waals surface area contributed by atoms with E-state index in [4.69, 9.17) is 20.4 Å². The Morgan fingerprint density at radius 2 is 2.12 bits per heavy atom. The molecule has 0 amide bonds. The number of oxazole rings is 1. The van der Waals surface area contributed by atoms with E-state index in [1.807, 2.05) is 0 Å². The second-order valence-electron chi connectivity index (χ2n) is 3.10. The quantitative estimate of drug-likeness (QED) is 0.684. The maximum atomic E-state index is 5.80. The minimum Gasteiger partial charge on any atom is -0.444 e. The fourth-order valence-electron chi connectivity index (χ4n) is 1.33. The third kappa shape index (κ3) is 1.62. The minimum atomic E-state index is 0.385. The van der Waals surface area contributed by atoms with Crippen LogP contribution in [0.15, 0.2) is 37.9 Å². The number of hydrogen-bond donors (Lipinski definition) is 0. The Bertz CT molecular complexity index is 662. The molecule has 0 fully saturated rings. The second kappa shape index (κ2) is 3.61. The lowest BCUT2D eigenvalue weighted by molar-refractivity contribution is 0.515. The smallest absolute Gasteiger partial charge is 0.265 e. The van der Waals surface area contributed by atoms with Crippen LogP contribution in [0.5, 0.6) is 0 Å². The Labute approximate surface area is 103 Å². The molecule has 0 atom stereocenters. The first kappa shape index (κ1) is 9.86. The van der Waals surface area contributed by atoms with Crippen molar-refractivity contribution in [1.29, 1.82) is 0 Å². The molecule has 80 valence electrons. The van der Waals surface area contributed by atoms with Crippen molar-refractivity contribution in [3.63, 3.8) is 0 Å². The minimum absolute atomic E-state index is 0.385. The first-order valence-corrected chi connectivity index (χ1v) is 5.57. The molecule has 0 aromatic carbocycles. The van der Waals surface area contributed by atoms with E-state index in [9.17, 15) is 0 Å². The zero-order valence-corrected chi connectivity index (χ0v) is 10.1. The molecule has 0 N–H and O–H groups in total. The lowest BCUT2D eigenvalue weighted by Crippen LogP contribution is -1.73. The van der Waals surface area contributed by atoms with E-state index in [0.29, 0.717) is 32.6 Å². The summed E-state index contributed by atoms with van der Waals surface area (Å²) in [5, 5.41) is 0.521. The van der Waals surface area contributed by atoms with Gasteiger partial charge in [-0.05, 0) is 34.1 Å². The van der Waals surface area contributed by atoms with Gasteiger partial charge >= 0.3 is 0 Å². The number of aromatic nitrogens is 2. The van der Waals surface area contributed by atoms with Gasteiger partial charge in [0.1, 0.15) is 5.52 Å². The number of hydrogen-bond acceptors (Lipinski definition) is 4. The Hall–Kier alpha value is -1.33. The predicted octanol–water partition coefficient (Wildman–Crippen LogP) is 3.90. The summed E-state index contributed by atoms with van der Waals surface area (Å²) in [7, 11) is 0. The molecule has 3 rings (SSSR count). The maximum absolute atomic E-state index is 5.80. The van der Waals surface area contributed by atoms with E-state index < -0.39 is 0 Å². The number of halogens is 2. The van der Waals surface area contributed by atoms with Crippen LogP contribution >= 0.6 is 27.5 Å². The SMILES string of the molecule is Clc1cnc2oc(-c3ccc(Br)o3)nc2c1. The van der Waals surface area contributed by atoms with Crippen molar-refractivity contribution in [2.75, 3.05) is 0 Å². The molecule has 4 nitrogen and oxygen atoms in total. The Morgan fingerprint density at radius 1 is 1.25 bits per heavy atom. The fourth-order valence-corrected chi connectivity index (χ4v) is 1.79. The molecule has 16 heavy (non-hydrogen) atoms. The molecule has 3 aromatic rings. The van der Waals surface area contributed by atoms with Gasteiger partial charge in [-0.3, -0.25) is 0 Å². The number of furan rings is 1. The van der Waals surface area contributed by atoms with Gasteiger partial charge in [0.15, 0.2) is 10.4 Å². The van der Waals surface area contributed by atoms with Crippen LogP contribution in [0.25, 0.3) is 22.9 Å². The molecular formula is C10H4BrClN2O2. The molecule has 6 heteroatoms. The highest BCUT2D eigenvalue weighted by Gasteiger charge is 2.12. The standard InChI is InChI=1S/C10H4BrClN2O2/c11-8-2-1-7(15-8)10-14-6-3-5(12)4-13-9(6)16-10/h1-4H. The highest BCUT2D eigenvalue weighted by atomic mass is 79.9. The van der Waals surface area contributed by atoms with Gasteiger partial charge in [0, 0.05) is 6.20 Å². The summed E-state index contributed by atoms with van der Waals surface area (Å²) in [6.07, 6.45) is 1.51. The van der Waals surface area contributed by atoms with Crippen LogP contribution in [-0.4, -0.2) is 9.97 Å². The van der Waals surface area contributed by atoms with Gasteiger partial charge in [0.2, 0.25) is 5.71 Å². The summed E-state index contributed by atoms with van der Waals surface area (Å²) < 4.78 is 11.4. The third-order valence-corrected chi connectivity index (χ3v) is 2.63. The van der Waals surface area contributed by atoms with Crippen LogP contribution in [0.2, 0.25) is 5.02 Å². The van der Waals surface area contributed by atoms with Crippen LogP contribution in [0.4, 0.5) is 0 Å². The Kier molecular flexibility index (Phi) is 2.22. The number of pyridine rings is 1. The summed E-state index contributed by atoms with van der Waals surface area (Å²) in [5.74, 6) is 0.927. The van der Waals surface area contributed by atoms with Gasteiger partial charge < -0.3 is 8.83 Å². The predicted molar refractivity (Wildman–Crippen MR) is 62.2 cm³/mol. The summed E-state index contributed by atoms with van der Waals surface area (Å²) in [5.41, 5.74) is 1.04. The van der Waals surface area contributed by atoms with Crippen molar-refractivity contribution in [2.24, 2.45) is 0 Å². The summed E-state index contributed by atoms with van der Waals surface area (Å²) in [6, 6.07) is 5.22. The molecule has 0 aliphatic rings. The van der Waals surface area contributed by atoms with Crippen LogP contribution in [-0.2, 0) is 0 Å². The summed E-state index contributed by atoms with van der Waals surface area (Å²) in [6.45, 7) is 0. The second-order valence-corrected chi connectivity index (χ2v) is 4.32. The number of rotatable bonds is 1. The van der Waals surface area contributed by atoms with Gasteiger partial charge in [-0.2, -0.15) is 0 Å². The van der Waals surface area contributed by atoms with E-state index in [1.54, 1.807) is 18.2 Å². The topological polar surface area (TPSA) is 52.1 Å². The Morgan fingerprint density at radius 3 is 2.88 bits per heavy atom. The lowest BCUT2D eigenvalue weighted by atomic mass is 10.4. The van der Waals surface area contributed by atoms with Gasteiger partial charge in [-0.15, -0.1) is 0 Å². The van der Waals surface area contributed by atoms with Crippen LogP contribution in [0.1, 0.15) is 0 Å². The summed E-state index contributed by atoms with van der Waals surface area (Å²) in [4.78, 5) is 8.25. The van der Waals surface area contributed by atoms with Crippen molar-refractivity contribution in [2.45, 2.75) is 0 Å². The molecule has 0 bridgehead atoms. The van der Waals surface area contributed by atoms with Crippen molar-refractivity contribution in [1.82, 2.24) is 9.97 Å². The van der Waals surface area contributed by atoms with Crippen molar-refractivity contribution >= 4 is 38.8 Å². The van der Waals surface area contributed by atoms with E-state index >= 15 is 0 Å². The monoisotopic (exact) mass is 298 g/mol. The zero-order chi connectivity index (χ0) is 11.1. The number of nitrogens with zero attached hydrogens (tertiary/aromatic N) is 2. The van der Waals surface area contributed by atoms with E-state index in [1.165, 1.54) is 6.20 Å². The van der Waals surface area contributed by atoms with Gasteiger partial charge in [0.25, 0.3) is 5.89 Å². The van der Waals surface area contributed by atoms with Gasteiger partial charge in [-0.25, -0.2) is 9.97 Å². The molecule has 0 spiro atoms. The van der Waals surface area contributed by atoms with E-state index in [0.717, 1.165) is 0 Å². The molecule has 0 saturated heterocycles. The molecule has 0 saturated carbocycles. The van der Waals surface area contributed by atoms with Crippen LogP contribution < -0.4 is 0 Å². The lowest BCUT2D eigenvalue weighted by Gasteiger charge is -1.85. The average molecular weight is 300 g/mol. The van der Waals surface area contributed by atoms with E-state index in [2.05, 4.69) is 25.9 Å². The maximum Gasteiger partial charge on any atom is 0.265 e.